The van der Waals surface area contributed by atoms with Crippen molar-refractivity contribution >= 4 is 21.6 Å². The first-order valence-corrected chi connectivity index (χ1v) is 12.8. The monoisotopic (exact) mass is 490 g/mol. The van der Waals surface area contributed by atoms with Crippen LogP contribution >= 0.6 is 0 Å². The van der Waals surface area contributed by atoms with E-state index < -0.39 is 22.2 Å². The van der Waals surface area contributed by atoms with Crippen LogP contribution in [0.2, 0.25) is 0 Å². The largest absolute Gasteiger partial charge is 0.497 e. The second-order valence-corrected chi connectivity index (χ2v) is 10.2. The average molecular weight is 491 g/mol. The number of methoxy groups -OCH3 is 1. The molecule has 4 rings (SSSR count). The molecule has 34 heavy (non-hydrogen) atoms. The smallest absolute Gasteiger partial charge is 0.261 e. The van der Waals surface area contributed by atoms with E-state index in [1.165, 1.54) is 19.2 Å². The number of rotatable bonds is 9. The van der Waals surface area contributed by atoms with Gasteiger partial charge in [0.05, 0.1) is 31.1 Å². The Bertz CT molecular complexity index is 1120. The Hall–Kier alpha value is -2.82. The van der Waals surface area contributed by atoms with Gasteiger partial charge >= 0.3 is 0 Å². The van der Waals surface area contributed by atoms with Gasteiger partial charge in [-0.25, -0.2) is 8.42 Å². The lowest BCUT2D eigenvalue weighted by molar-refractivity contribution is -0.142. The third-order valence-electron chi connectivity index (χ3n) is 6.11. The van der Waals surface area contributed by atoms with Gasteiger partial charge in [-0.1, -0.05) is 6.92 Å². The van der Waals surface area contributed by atoms with Crippen LogP contribution in [0.25, 0.3) is 0 Å². The maximum atomic E-state index is 12.9. The molecule has 4 atom stereocenters. The number of sulfonamides is 1. The summed E-state index contributed by atoms with van der Waals surface area (Å²) >= 11 is 0. The molecule has 184 valence electrons. The molecule has 3 N–H and O–H groups in total. The van der Waals surface area contributed by atoms with Crippen molar-refractivity contribution in [1.82, 2.24) is 5.32 Å². The van der Waals surface area contributed by atoms with E-state index in [1.54, 1.807) is 30.3 Å². The standard InChI is InChI=1S/C24H30N2O7S/c1-3-10-25-23(28)13-17-12-20-19-11-15(4-9-21(19)33-24(20)22(14-27)32-17)26-34(29,30)18-7-5-16(31-2)6-8-18/h4-9,11,17,20,22,24,26-27H,3,10,12-14H2,1-2H3,(H,25,28)/t17-,20-,22+,24+/m1/s1. The molecular formula is C24H30N2O7S. The number of aliphatic hydroxyl groups is 1. The SMILES string of the molecule is CCCNC(=O)C[C@H]1C[C@@H]2c3cc(NS(=O)(=O)c4ccc(OC)cc4)ccc3O[C@@H]2[C@H](CO)O1. The normalized spacial score (nSPS) is 23.4. The van der Waals surface area contributed by atoms with Gasteiger partial charge in [0.1, 0.15) is 23.7 Å². The van der Waals surface area contributed by atoms with E-state index in [4.69, 9.17) is 14.2 Å². The van der Waals surface area contributed by atoms with Crippen molar-refractivity contribution in [2.24, 2.45) is 0 Å². The quantitative estimate of drug-likeness (QED) is 0.493. The van der Waals surface area contributed by atoms with Crippen molar-refractivity contribution < 1.29 is 32.5 Å². The van der Waals surface area contributed by atoms with E-state index in [9.17, 15) is 18.3 Å². The van der Waals surface area contributed by atoms with Crippen molar-refractivity contribution in [3.8, 4) is 11.5 Å². The highest BCUT2D eigenvalue weighted by Crippen LogP contribution is 2.47. The van der Waals surface area contributed by atoms with Gasteiger partial charge < -0.3 is 24.6 Å². The number of carbonyl (C=O) groups excluding carboxylic acids is 1. The summed E-state index contributed by atoms with van der Waals surface area (Å²) in [5.74, 6) is 0.966. The Morgan fingerprint density at radius 1 is 1.21 bits per heavy atom. The van der Waals surface area contributed by atoms with Crippen molar-refractivity contribution in [2.45, 2.75) is 55.3 Å². The number of hydrogen-bond donors (Lipinski definition) is 3. The van der Waals surface area contributed by atoms with Crippen molar-refractivity contribution in [3.05, 3.63) is 48.0 Å². The molecule has 1 fully saturated rings. The molecule has 0 aliphatic carbocycles. The lowest BCUT2D eigenvalue weighted by atomic mass is 9.84. The Morgan fingerprint density at radius 2 is 1.97 bits per heavy atom. The summed E-state index contributed by atoms with van der Waals surface area (Å²) in [7, 11) is -2.28. The number of nitrogens with one attached hydrogen (secondary N) is 2. The maximum absolute atomic E-state index is 12.9. The van der Waals surface area contributed by atoms with Gasteiger partial charge in [0.15, 0.2) is 0 Å². The molecule has 0 unspecified atom stereocenters. The van der Waals surface area contributed by atoms with Crippen molar-refractivity contribution in [3.63, 3.8) is 0 Å². The Labute approximate surface area is 199 Å². The van der Waals surface area contributed by atoms with Crippen LogP contribution in [0.3, 0.4) is 0 Å². The number of aliphatic hydroxyl groups excluding tert-OH is 1. The third kappa shape index (κ3) is 5.13. The molecule has 0 aromatic heterocycles. The van der Waals surface area contributed by atoms with Crippen LogP contribution < -0.4 is 19.5 Å². The fraction of sp³-hybridized carbons (Fsp3) is 0.458. The average Bonchev–Trinajstić information content (AvgIpc) is 3.20. The summed E-state index contributed by atoms with van der Waals surface area (Å²) in [5.41, 5.74) is 1.24. The zero-order chi connectivity index (χ0) is 24.3. The number of ether oxygens (including phenoxy) is 3. The second kappa shape index (κ2) is 10.2. The van der Waals surface area contributed by atoms with Crippen molar-refractivity contribution in [2.75, 3.05) is 25.0 Å². The summed E-state index contributed by atoms with van der Waals surface area (Å²) < 4.78 is 45.4. The van der Waals surface area contributed by atoms with Crippen LogP contribution in [0.15, 0.2) is 47.4 Å². The molecule has 2 aromatic rings. The van der Waals surface area contributed by atoms with Gasteiger partial charge in [0.25, 0.3) is 10.0 Å². The second-order valence-electron chi connectivity index (χ2n) is 8.49. The van der Waals surface area contributed by atoms with Gasteiger partial charge in [0.2, 0.25) is 5.91 Å². The minimum atomic E-state index is -3.80. The molecule has 9 nitrogen and oxygen atoms in total. The summed E-state index contributed by atoms with van der Waals surface area (Å²) in [6, 6.07) is 11.2. The zero-order valence-electron chi connectivity index (χ0n) is 19.2. The van der Waals surface area contributed by atoms with Crippen LogP contribution in [0.4, 0.5) is 5.69 Å². The highest BCUT2D eigenvalue weighted by Gasteiger charge is 2.46. The lowest BCUT2D eigenvalue weighted by Gasteiger charge is -2.37. The highest BCUT2D eigenvalue weighted by molar-refractivity contribution is 7.92. The Balaban J connectivity index is 1.53. The summed E-state index contributed by atoms with van der Waals surface area (Å²) in [4.78, 5) is 12.3. The maximum Gasteiger partial charge on any atom is 0.261 e. The predicted molar refractivity (Wildman–Crippen MR) is 126 cm³/mol. The molecule has 1 amide bonds. The number of carbonyl (C=O) groups is 1. The highest BCUT2D eigenvalue weighted by atomic mass is 32.2. The molecule has 2 aromatic carbocycles. The minimum Gasteiger partial charge on any atom is -0.497 e. The fourth-order valence-electron chi connectivity index (χ4n) is 4.46. The van der Waals surface area contributed by atoms with E-state index >= 15 is 0 Å². The third-order valence-corrected chi connectivity index (χ3v) is 7.50. The molecule has 0 bridgehead atoms. The van der Waals surface area contributed by atoms with Gasteiger partial charge in [-0.2, -0.15) is 0 Å². The Morgan fingerprint density at radius 3 is 2.65 bits per heavy atom. The molecule has 0 saturated carbocycles. The molecule has 10 heteroatoms. The molecular weight excluding hydrogens is 460 g/mol. The first-order valence-electron chi connectivity index (χ1n) is 11.3. The summed E-state index contributed by atoms with van der Waals surface area (Å²) in [5, 5.41) is 12.7. The van der Waals surface area contributed by atoms with Gasteiger partial charge in [-0.3, -0.25) is 9.52 Å². The number of fused-ring (bicyclic) bond motifs is 3. The molecule has 0 radical (unpaired) electrons. The number of hydrogen-bond acceptors (Lipinski definition) is 7. The number of benzene rings is 2. The topological polar surface area (TPSA) is 123 Å². The molecule has 0 spiro atoms. The van der Waals surface area contributed by atoms with Gasteiger partial charge in [-0.15, -0.1) is 0 Å². The van der Waals surface area contributed by atoms with Crippen LogP contribution in [0, 0.1) is 0 Å². The van der Waals surface area contributed by atoms with E-state index in [-0.39, 0.29) is 35.9 Å². The number of amides is 1. The van der Waals surface area contributed by atoms with Gasteiger partial charge in [-0.05, 0) is 55.3 Å². The van der Waals surface area contributed by atoms with Crippen LogP contribution in [0.1, 0.15) is 37.7 Å². The van der Waals surface area contributed by atoms with E-state index in [0.717, 1.165) is 12.0 Å². The lowest BCUT2D eigenvalue weighted by Crippen LogP contribution is -2.47. The number of anilines is 1. The van der Waals surface area contributed by atoms with Crippen LogP contribution in [-0.4, -0.2) is 58.0 Å². The van der Waals surface area contributed by atoms with Crippen LogP contribution in [0.5, 0.6) is 11.5 Å². The summed E-state index contributed by atoms with van der Waals surface area (Å²) in [6.45, 7) is 2.35. The van der Waals surface area contributed by atoms with E-state index in [0.29, 0.717) is 30.2 Å². The van der Waals surface area contributed by atoms with E-state index in [1.807, 2.05) is 6.92 Å². The molecule has 1 saturated heterocycles. The molecule has 2 aliphatic heterocycles. The van der Waals surface area contributed by atoms with Gasteiger partial charge in [0, 0.05) is 23.7 Å². The first kappa shape index (κ1) is 24.3. The van der Waals surface area contributed by atoms with E-state index in [2.05, 4.69) is 10.0 Å². The summed E-state index contributed by atoms with van der Waals surface area (Å²) in [6.07, 6.45) is 0.223. The zero-order valence-corrected chi connectivity index (χ0v) is 20.0. The predicted octanol–water partition coefficient (Wildman–Crippen LogP) is 2.41. The molecule has 2 heterocycles. The molecule has 2 aliphatic rings. The Kier molecular flexibility index (Phi) is 7.30. The first-order chi connectivity index (χ1) is 16.3. The van der Waals surface area contributed by atoms with Crippen LogP contribution in [-0.2, 0) is 19.6 Å². The fourth-order valence-corrected chi connectivity index (χ4v) is 5.51. The minimum absolute atomic E-state index is 0.0952. The van der Waals surface area contributed by atoms with Crippen molar-refractivity contribution in [1.29, 1.82) is 0 Å².